The summed E-state index contributed by atoms with van der Waals surface area (Å²) in [5, 5.41) is 17.0. The van der Waals surface area contributed by atoms with Gasteiger partial charge in [-0.05, 0) is 56.8 Å². The molecule has 0 aliphatic heterocycles. The Morgan fingerprint density at radius 2 is 2.04 bits per heavy atom. The van der Waals surface area contributed by atoms with Crippen molar-refractivity contribution >= 4 is 17.8 Å². The van der Waals surface area contributed by atoms with E-state index in [2.05, 4.69) is 16.8 Å². The lowest BCUT2D eigenvalue weighted by Crippen LogP contribution is -2.04. The molecule has 0 radical (unpaired) electrons. The zero-order chi connectivity index (χ0) is 17.0. The number of aromatic nitrogens is 3. The molecule has 0 bridgehead atoms. The molecule has 23 heavy (non-hydrogen) atoms. The first-order valence-corrected chi connectivity index (χ1v) is 7.79. The zero-order valence-corrected chi connectivity index (χ0v) is 14.4. The first-order valence-electron chi connectivity index (χ1n) is 7.38. The van der Waals surface area contributed by atoms with Gasteiger partial charge in [-0.3, -0.25) is 9.67 Å². The van der Waals surface area contributed by atoms with Crippen LogP contribution in [0.25, 0.3) is 11.3 Å². The minimum absolute atomic E-state index is 0.528. The molecule has 2 rings (SSSR count). The highest BCUT2D eigenvalue weighted by Crippen LogP contribution is 2.24. The Morgan fingerprint density at radius 3 is 2.61 bits per heavy atom. The number of benzene rings is 1. The van der Waals surface area contributed by atoms with Crippen molar-refractivity contribution in [2.45, 2.75) is 26.9 Å². The number of allylic oxidation sites excluding steroid dienone is 3. The molecule has 2 N–H and O–H groups in total. The molecule has 0 aliphatic carbocycles. The summed E-state index contributed by atoms with van der Waals surface area (Å²) in [6, 6.07) is 8.09. The molecule has 2 aromatic rings. The molecule has 0 saturated heterocycles. The number of nitrogens with zero attached hydrogens (tertiary/aromatic N) is 2. The van der Waals surface area contributed by atoms with Crippen molar-refractivity contribution in [2.24, 2.45) is 0 Å². The van der Waals surface area contributed by atoms with Crippen molar-refractivity contribution in [1.82, 2.24) is 14.8 Å². The van der Waals surface area contributed by atoms with Gasteiger partial charge in [0.05, 0.1) is 6.10 Å². The fraction of sp³-hybridized carbons (Fsp3) is 0.222. The average molecular weight is 327 g/mol. The minimum Gasteiger partial charge on any atom is -0.385 e. The summed E-state index contributed by atoms with van der Waals surface area (Å²) in [6.45, 7) is 9.50. The molecule has 120 valence electrons. The van der Waals surface area contributed by atoms with Crippen molar-refractivity contribution in [2.75, 3.05) is 0 Å². The van der Waals surface area contributed by atoms with Crippen LogP contribution >= 0.6 is 12.2 Å². The van der Waals surface area contributed by atoms with Crippen LogP contribution in [-0.4, -0.2) is 26.0 Å². The van der Waals surface area contributed by atoms with Crippen LogP contribution in [0.2, 0.25) is 0 Å². The summed E-state index contributed by atoms with van der Waals surface area (Å²) in [7, 11) is 0. The quantitative estimate of drug-likeness (QED) is 0.493. The van der Waals surface area contributed by atoms with Crippen LogP contribution in [0.4, 0.5) is 0 Å². The Balaban J connectivity index is 2.56. The molecule has 0 aliphatic rings. The van der Waals surface area contributed by atoms with Gasteiger partial charge in [0, 0.05) is 11.3 Å². The molecule has 1 atom stereocenters. The molecule has 5 heteroatoms. The number of aliphatic hydroxyl groups is 1. The van der Waals surface area contributed by atoms with E-state index in [1.807, 2.05) is 55.7 Å². The number of hydrogen-bond donors (Lipinski definition) is 2. The number of aliphatic hydroxyl groups excluding tert-OH is 1. The molecule has 4 nitrogen and oxygen atoms in total. The highest BCUT2D eigenvalue weighted by Gasteiger charge is 2.14. The van der Waals surface area contributed by atoms with Crippen molar-refractivity contribution in [3.8, 4) is 5.69 Å². The van der Waals surface area contributed by atoms with Crippen LogP contribution < -0.4 is 0 Å². The van der Waals surface area contributed by atoms with Gasteiger partial charge in [-0.1, -0.05) is 29.8 Å². The van der Waals surface area contributed by atoms with E-state index < -0.39 is 6.10 Å². The second kappa shape index (κ2) is 7.35. The van der Waals surface area contributed by atoms with Gasteiger partial charge in [0.15, 0.2) is 10.6 Å². The molecular formula is C18H21N3OS. The Bertz CT molecular complexity index is 810. The summed E-state index contributed by atoms with van der Waals surface area (Å²) in [5.41, 5.74) is 3.93. The molecule has 1 unspecified atom stereocenters. The number of rotatable bonds is 5. The van der Waals surface area contributed by atoms with E-state index in [9.17, 15) is 5.11 Å². The Kier molecular flexibility index (Phi) is 5.47. The molecule has 1 aromatic carbocycles. The van der Waals surface area contributed by atoms with E-state index in [1.54, 1.807) is 6.08 Å². The average Bonchev–Trinajstić information content (AvgIpc) is 2.90. The fourth-order valence-electron chi connectivity index (χ4n) is 2.36. The molecule has 1 heterocycles. The molecule has 0 saturated carbocycles. The van der Waals surface area contributed by atoms with Gasteiger partial charge in [-0.2, -0.15) is 5.10 Å². The largest absolute Gasteiger partial charge is 0.385 e. The highest BCUT2D eigenvalue weighted by atomic mass is 32.1. The maximum Gasteiger partial charge on any atom is 0.200 e. The SMILES string of the molecule is C=CC(O)/C=C(C)\C(=C/C)c1n[nH]c(=S)n1-c1ccc(C)cc1. The van der Waals surface area contributed by atoms with E-state index >= 15 is 0 Å². The predicted molar refractivity (Wildman–Crippen MR) is 97.1 cm³/mol. The van der Waals surface area contributed by atoms with Gasteiger partial charge in [0.1, 0.15) is 0 Å². The van der Waals surface area contributed by atoms with Gasteiger partial charge >= 0.3 is 0 Å². The summed E-state index contributed by atoms with van der Waals surface area (Å²) in [5.74, 6) is 0.714. The number of aromatic amines is 1. The van der Waals surface area contributed by atoms with Gasteiger partial charge in [-0.15, -0.1) is 6.58 Å². The zero-order valence-electron chi connectivity index (χ0n) is 13.6. The predicted octanol–water partition coefficient (Wildman–Crippen LogP) is 4.13. The van der Waals surface area contributed by atoms with Crippen LogP contribution in [0, 0.1) is 11.7 Å². The first-order chi connectivity index (χ1) is 11.0. The molecule has 0 fully saturated rings. The Labute approximate surface area is 141 Å². The number of H-pyrrole nitrogens is 1. The lowest BCUT2D eigenvalue weighted by atomic mass is 10.0. The molecule has 0 spiro atoms. The van der Waals surface area contributed by atoms with Crippen LogP contribution in [0.1, 0.15) is 25.2 Å². The van der Waals surface area contributed by atoms with Crippen LogP contribution in [0.15, 0.2) is 54.6 Å². The second-order valence-corrected chi connectivity index (χ2v) is 5.69. The second-order valence-electron chi connectivity index (χ2n) is 5.30. The third-order valence-electron chi connectivity index (χ3n) is 3.58. The third kappa shape index (κ3) is 3.75. The normalized spacial score (nSPS) is 13.9. The molecular weight excluding hydrogens is 306 g/mol. The Morgan fingerprint density at radius 1 is 1.39 bits per heavy atom. The van der Waals surface area contributed by atoms with Gasteiger partial charge < -0.3 is 5.11 Å². The monoisotopic (exact) mass is 327 g/mol. The van der Waals surface area contributed by atoms with Gasteiger partial charge in [0.2, 0.25) is 0 Å². The smallest absolute Gasteiger partial charge is 0.200 e. The standard InChI is InChI=1S/C18H21N3OS/c1-5-15(22)11-13(4)16(6-2)17-19-20-18(23)21(17)14-9-7-12(3)8-10-14/h5-11,15,22H,1H2,2-4H3,(H,20,23)/b13-11-,16-6+. The topological polar surface area (TPSA) is 53.8 Å². The van der Waals surface area contributed by atoms with Crippen molar-refractivity contribution < 1.29 is 5.11 Å². The maximum atomic E-state index is 9.76. The van der Waals surface area contributed by atoms with Crippen molar-refractivity contribution in [3.05, 3.63) is 70.8 Å². The lowest BCUT2D eigenvalue weighted by molar-refractivity contribution is 0.271. The summed E-state index contributed by atoms with van der Waals surface area (Å²) >= 11 is 5.38. The van der Waals surface area contributed by atoms with E-state index in [4.69, 9.17) is 12.2 Å². The maximum absolute atomic E-state index is 9.76. The Hall–Kier alpha value is -2.24. The number of aryl methyl sites for hydroxylation is 1. The molecule has 1 aromatic heterocycles. The van der Waals surface area contributed by atoms with Crippen molar-refractivity contribution in [3.63, 3.8) is 0 Å². The molecule has 0 amide bonds. The van der Waals surface area contributed by atoms with E-state index in [1.165, 1.54) is 11.6 Å². The van der Waals surface area contributed by atoms with E-state index in [0.29, 0.717) is 10.6 Å². The van der Waals surface area contributed by atoms with Crippen molar-refractivity contribution in [1.29, 1.82) is 0 Å². The van der Waals surface area contributed by atoms with Gasteiger partial charge in [0.25, 0.3) is 0 Å². The minimum atomic E-state index is -0.695. The third-order valence-corrected chi connectivity index (χ3v) is 3.86. The van der Waals surface area contributed by atoms with Crippen LogP contribution in [0.5, 0.6) is 0 Å². The number of hydrogen-bond acceptors (Lipinski definition) is 3. The highest BCUT2D eigenvalue weighted by molar-refractivity contribution is 7.71. The van der Waals surface area contributed by atoms with Gasteiger partial charge in [-0.25, -0.2) is 0 Å². The number of nitrogens with one attached hydrogen (secondary N) is 1. The van der Waals surface area contributed by atoms with E-state index in [0.717, 1.165) is 16.8 Å². The van der Waals surface area contributed by atoms with Crippen LogP contribution in [-0.2, 0) is 0 Å². The summed E-state index contributed by atoms with van der Waals surface area (Å²) < 4.78 is 2.42. The summed E-state index contributed by atoms with van der Waals surface area (Å²) in [6.07, 6.45) is 4.48. The van der Waals surface area contributed by atoms with E-state index in [-0.39, 0.29) is 0 Å². The fourth-order valence-corrected chi connectivity index (χ4v) is 2.60. The summed E-state index contributed by atoms with van der Waals surface area (Å²) in [4.78, 5) is 0. The van der Waals surface area contributed by atoms with Crippen LogP contribution in [0.3, 0.4) is 0 Å². The first kappa shape index (κ1) is 17.1. The lowest BCUT2D eigenvalue weighted by Gasteiger charge is -2.11.